The first-order chi connectivity index (χ1) is 28.7. The average Bonchev–Trinajstić information content (AvgIpc) is 3.17. The topological polar surface area (TPSA) is 219 Å². The van der Waals surface area contributed by atoms with Crippen LogP contribution in [0.4, 0.5) is 0 Å². The molecule has 4 atom stereocenters. The summed E-state index contributed by atoms with van der Waals surface area (Å²) < 4.78 is 0. The summed E-state index contributed by atoms with van der Waals surface area (Å²) in [6, 6.07) is -3.53. The van der Waals surface area contributed by atoms with Crippen LogP contribution in [0.3, 0.4) is 0 Å². The van der Waals surface area contributed by atoms with E-state index in [1.54, 1.807) is 0 Å². The Morgan fingerprint density at radius 2 is 0.885 bits per heavy atom. The quantitative estimate of drug-likeness (QED) is 0.0248. The normalized spacial score (nSPS) is 14.7. The lowest BCUT2D eigenvalue weighted by Crippen LogP contribution is -2.53. The van der Waals surface area contributed by atoms with Gasteiger partial charge in [0.15, 0.2) is 0 Å². The van der Waals surface area contributed by atoms with Gasteiger partial charge >= 0.3 is 17.9 Å². The number of aliphatic hydroxyl groups excluding tert-OH is 1. The molecule has 0 radical (unpaired) electrons. The molecule has 0 aromatic rings. The molecule has 0 bridgehead atoms. The molecule has 0 rings (SSSR count). The number of carboxylic acid groups (broad SMARTS) is 3. The van der Waals surface area contributed by atoms with Gasteiger partial charge < -0.3 is 36.4 Å². The van der Waals surface area contributed by atoms with E-state index in [-0.39, 0.29) is 24.3 Å². The van der Waals surface area contributed by atoms with Gasteiger partial charge in [-0.25, -0.2) is 9.59 Å². The summed E-state index contributed by atoms with van der Waals surface area (Å²) >= 11 is 2.76. The SMILES string of the molecule is CC(C)=CCC/C(C)=C/CC/C(C)=C/CSC[C@H](NC(=O)C(CO)NC(=O)CC/C(C)=C/CC/C(C)=C/CC/C(C)=C/CSC[C@H](NC(=O)CC(C)C(=O)O)C(=O)O)C(=O)O. The molecule has 0 aromatic carbocycles. The van der Waals surface area contributed by atoms with Crippen LogP contribution in [0.5, 0.6) is 0 Å². The van der Waals surface area contributed by atoms with Crippen molar-refractivity contribution in [2.75, 3.05) is 29.6 Å². The number of allylic oxidation sites excluding steroid dienone is 10. The van der Waals surface area contributed by atoms with Crippen molar-refractivity contribution in [3.8, 4) is 0 Å². The molecule has 344 valence electrons. The standard InChI is InChI=1S/C46H73N3O10S2/c1-31(2)13-9-14-32(3)16-11-19-36(7)24-26-61-30-40(46(58)59)49-43(53)38(28-50)47-41(51)22-21-34(5)18-10-15-33(4)17-12-20-35(6)23-25-60-29-39(45(56)57)48-42(52)27-37(8)44(54)55/h13,16-18,23-24,37-40,50H,9-12,14-15,19-22,25-30H2,1-8H3,(H,47,51)(H,48,52)(H,49,53)(H,54,55)(H,56,57)(H,58,59)/b32-16+,33-17+,34-18+,35-23+,36-24+/t37?,38?,39-,40-/m0/s1. The zero-order chi connectivity index (χ0) is 46.3. The highest BCUT2D eigenvalue weighted by Crippen LogP contribution is 2.16. The highest BCUT2D eigenvalue weighted by Gasteiger charge is 2.26. The third-order valence-corrected chi connectivity index (χ3v) is 11.5. The Kier molecular flexibility index (Phi) is 31.3. The van der Waals surface area contributed by atoms with E-state index in [1.807, 2.05) is 19.9 Å². The molecular weight excluding hydrogens is 819 g/mol. The number of aliphatic hydroxyl groups is 1. The number of carbonyl (C=O) groups excluding carboxylic acids is 3. The van der Waals surface area contributed by atoms with Gasteiger partial charge in [-0.05, 0) is 106 Å². The first kappa shape index (κ1) is 56.9. The van der Waals surface area contributed by atoms with E-state index in [0.717, 1.165) is 62.5 Å². The number of carboxylic acids is 3. The molecule has 0 heterocycles. The van der Waals surface area contributed by atoms with Crippen molar-refractivity contribution in [1.82, 2.24) is 16.0 Å². The molecule has 3 amide bonds. The lowest BCUT2D eigenvalue weighted by molar-refractivity contribution is -0.144. The highest BCUT2D eigenvalue weighted by molar-refractivity contribution is 7.99. The predicted molar refractivity (Wildman–Crippen MR) is 249 cm³/mol. The number of thioether (sulfide) groups is 2. The molecule has 0 aliphatic heterocycles. The molecule has 13 nitrogen and oxygen atoms in total. The summed E-state index contributed by atoms with van der Waals surface area (Å²) in [4.78, 5) is 71.8. The van der Waals surface area contributed by atoms with Gasteiger partial charge in [0.1, 0.15) is 18.1 Å². The molecule has 61 heavy (non-hydrogen) atoms. The minimum atomic E-state index is -1.26. The average molecular weight is 892 g/mol. The molecule has 0 aliphatic rings. The molecular formula is C46H73N3O10S2. The van der Waals surface area contributed by atoms with E-state index < -0.39 is 66.3 Å². The number of hydrogen-bond donors (Lipinski definition) is 7. The number of nitrogens with one attached hydrogen (secondary N) is 3. The van der Waals surface area contributed by atoms with Crippen LogP contribution in [0.2, 0.25) is 0 Å². The minimum absolute atomic E-state index is 0.109. The van der Waals surface area contributed by atoms with Gasteiger partial charge in [0.05, 0.1) is 12.5 Å². The van der Waals surface area contributed by atoms with Crippen molar-refractivity contribution in [2.24, 2.45) is 5.92 Å². The van der Waals surface area contributed by atoms with Gasteiger partial charge in [-0.2, -0.15) is 23.5 Å². The Balaban J connectivity index is 4.63. The largest absolute Gasteiger partial charge is 0.481 e. The Bertz CT molecular complexity index is 1610. The molecule has 0 aromatic heterocycles. The van der Waals surface area contributed by atoms with Crippen molar-refractivity contribution in [3.63, 3.8) is 0 Å². The molecule has 15 heteroatoms. The van der Waals surface area contributed by atoms with E-state index >= 15 is 0 Å². The van der Waals surface area contributed by atoms with Crippen LogP contribution in [0.15, 0.2) is 69.9 Å². The fraction of sp³-hybridized carbons (Fsp3) is 0.609. The van der Waals surface area contributed by atoms with Crippen molar-refractivity contribution in [2.45, 2.75) is 144 Å². The van der Waals surface area contributed by atoms with Gasteiger partial charge in [0.2, 0.25) is 17.7 Å². The lowest BCUT2D eigenvalue weighted by Gasteiger charge is -2.20. The molecule has 0 fully saturated rings. The minimum Gasteiger partial charge on any atom is -0.481 e. The van der Waals surface area contributed by atoms with Crippen LogP contribution >= 0.6 is 23.5 Å². The smallest absolute Gasteiger partial charge is 0.327 e. The third kappa shape index (κ3) is 30.6. The Labute approximate surface area is 372 Å². The number of carbonyl (C=O) groups is 6. The summed E-state index contributed by atoms with van der Waals surface area (Å²) in [6.45, 7) is 15.1. The van der Waals surface area contributed by atoms with Crippen LogP contribution in [-0.4, -0.2) is 104 Å². The maximum absolute atomic E-state index is 12.8. The fourth-order valence-electron chi connectivity index (χ4n) is 5.52. The summed E-state index contributed by atoms with van der Waals surface area (Å²) in [5.74, 6) is -4.67. The first-order valence-corrected chi connectivity index (χ1v) is 23.3. The van der Waals surface area contributed by atoms with E-state index in [2.05, 4.69) is 80.9 Å². The van der Waals surface area contributed by atoms with Crippen molar-refractivity contribution < 1.29 is 49.2 Å². The summed E-state index contributed by atoms with van der Waals surface area (Å²) in [6.07, 6.45) is 20.4. The third-order valence-electron chi connectivity index (χ3n) is 9.60. The van der Waals surface area contributed by atoms with Gasteiger partial charge in [0, 0.05) is 35.9 Å². The number of amides is 3. The number of hydrogen-bond acceptors (Lipinski definition) is 9. The van der Waals surface area contributed by atoms with Crippen molar-refractivity contribution in [3.05, 3.63) is 69.9 Å². The number of rotatable bonds is 33. The predicted octanol–water partition coefficient (Wildman–Crippen LogP) is 7.78. The Hall–Kier alpha value is -4.08. The molecule has 7 N–H and O–H groups in total. The van der Waals surface area contributed by atoms with Crippen molar-refractivity contribution in [1.29, 1.82) is 0 Å². The zero-order valence-electron chi connectivity index (χ0n) is 37.6. The van der Waals surface area contributed by atoms with Gasteiger partial charge in [-0.1, -0.05) is 76.8 Å². The summed E-state index contributed by atoms with van der Waals surface area (Å²) in [7, 11) is 0. The summed E-state index contributed by atoms with van der Waals surface area (Å²) in [5, 5.41) is 45.3. The highest BCUT2D eigenvalue weighted by atomic mass is 32.2. The van der Waals surface area contributed by atoms with E-state index in [4.69, 9.17) is 5.11 Å². The van der Waals surface area contributed by atoms with E-state index in [9.17, 15) is 44.1 Å². The summed E-state index contributed by atoms with van der Waals surface area (Å²) in [5.41, 5.74) is 7.30. The second kappa shape index (κ2) is 33.5. The maximum atomic E-state index is 12.8. The fourth-order valence-corrected chi connectivity index (χ4v) is 7.52. The van der Waals surface area contributed by atoms with Gasteiger partial charge in [-0.3, -0.25) is 19.2 Å². The molecule has 0 aliphatic carbocycles. The van der Waals surface area contributed by atoms with Gasteiger partial charge in [0.25, 0.3) is 0 Å². The van der Waals surface area contributed by atoms with Crippen LogP contribution in [0, 0.1) is 5.92 Å². The molecule has 0 spiro atoms. The van der Waals surface area contributed by atoms with E-state index in [1.165, 1.54) is 52.7 Å². The molecule has 2 unspecified atom stereocenters. The molecule has 0 saturated heterocycles. The van der Waals surface area contributed by atoms with Gasteiger partial charge in [-0.15, -0.1) is 0 Å². The van der Waals surface area contributed by atoms with Crippen LogP contribution in [0.1, 0.15) is 126 Å². The monoisotopic (exact) mass is 891 g/mol. The Morgan fingerprint density at radius 3 is 1.30 bits per heavy atom. The number of aliphatic carboxylic acids is 3. The van der Waals surface area contributed by atoms with Crippen LogP contribution in [0.25, 0.3) is 0 Å². The molecule has 0 saturated carbocycles. The van der Waals surface area contributed by atoms with Crippen LogP contribution in [-0.2, 0) is 28.8 Å². The lowest BCUT2D eigenvalue weighted by atomic mass is 10.0. The van der Waals surface area contributed by atoms with Crippen LogP contribution < -0.4 is 16.0 Å². The second-order valence-corrected chi connectivity index (χ2v) is 18.0. The first-order valence-electron chi connectivity index (χ1n) is 21.0. The maximum Gasteiger partial charge on any atom is 0.327 e. The van der Waals surface area contributed by atoms with E-state index in [0.29, 0.717) is 17.9 Å². The zero-order valence-corrected chi connectivity index (χ0v) is 39.3. The Morgan fingerprint density at radius 1 is 0.492 bits per heavy atom. The second-order valence-electron chi connectivity index (χ2n) is 15.9. The van der Waals surface area contributed by atoms with Crippen molar-refractivity contribution >= 4 is 59.2 Å².